The van der Waals surface area contributed by atoms with Gasteiger partial charge < -0.3 is 9.64 Å². The van der Waals surface area contributed by atoms with Gasteiger partial charge in [-0.2, -0.15) is 10.2 Å². The summed E-state index contributed by atoms with van der Waals surface area (Å²) in [6.45, 7) is 2.31. The van der Waals surface area contributed by atoms with E-state index in [1.54, 1.807) is 6.20 Å². The first kappa shape index (κ1) is 19.0. The molecule has 0 aromatic carbocycles. The van der Waals surface area contributed by atoms with Crippen LogP contribution in [0.2, 0.25) is 0 Å². The molecule has 2 aliphatic rings. The number of amides is 1. The molecule has 1 fully saturated rings. The normalized spacial score (nSPS) is 18.9. The number of ether oxygens (including phenoxy) is 1. The third-order valence-corrected chi connectivity index (χ3v) is 6.00. The first-order chi connectivity index (χ1) is 14.8. The van der Waals surface area contributed by atoms with E-state index >= 15 is 0 Å². The zero-order valence-corrected chi connectivity index (χ0v) is 17.0. The van der Waals surface area contributed by atoms with Crippen molar-refractivity contribution in [3.8, 4) is 11.3 Å². The largest absolute Gasteiger partial charge is 0.368 e. The van der Waals surface area contributed by atoms with Gasteiger partial charge in [0.05, 0.1) is 36.9 Å². The molecule has 0 radical (unpaired) electrons. The third-order valence-electron chi connectivity index (χ3n) is 6.00. The van der Waals surface area contributed by atoms with Crippen molar-refractivity contribution in [2.75, 3.05) is 19.7 Å². The second-order valence-corrected chi connectivity index (χ2v) is 7.93. The Bertz CT molecular complexity index is 1010. The molecule has 8 nitrogen and oxygen atoms in total. The van der Waals surface area contributed by atoms with E-state index in [1.165, 1.54) is 24.1 Å². The Balaban J connectivity index is 1.23. The minimum absolute atomic E-state index is 0.148. The molecule has 1 N–H and O–H groups in total. The van der Waals surface area contributed by atoms with Crippen molar-refractivity contribution < 1.29 is 9.53 Å². The quantitative estimate of drug-likeness (QED) is 0.703. The van der Waals surface area contributed by atoms with Gasteiger partial charge in [0, 0.05) is 37.0 Å². The van der Waals surface area contributed by atoms with Crippen molar-refractivity contribution in [3.05, 3.63) is 53.7 Å². The van der Waals surface area contributed by atoms with Crippen LogP contribution in [0.25, 0.3) is 11.3 Å². The summed E-state index contributed by atoms with van der Waals surface area (Å²) in [5.41, 5.74) is 5.28. The molecule has 30 heavy (non-hydrogen) atoms. The summed E-state index contributed by atoms with van der Waals surface area (Å²) in [5.74, 6) is 0.148. The lowest BCUT2D eigenvalue weighted by Crippen LogP contribution is -2.42. The molecule has 156 valence electrons. The number of fused-ring (bicyclic) bond motifs is 1. The Morgan fingerprint density at radius 2 is 2.17 bits per heavy atom. The maximum Gasteiger partial charge on any atom is 0.224 e. The predicted octanol–water partition coefficient (Wildman–Crippen LogP) is 2.54. The minimum Gasteiger partial charge on any atom is -0.368 e. The van der Waals surface area contributed by atoms with E-state index in [4.69, 9.17) is 9.72 Å². The summed E-state index contributed by atoms with van der Waals surface area (Å²) in [5, 5.41) is 11.3. The number of nitrogens with zero attached hydrogens (tertiary/aromatic N) is 5. The number of pyridine rings is 1. The zero-order valence-electron chi connectivity index (χ0n) is 17.0. The SMILES string of the molecule is O=C(CCn1ncc2c1CCCC2)N1CCO[C@@H](c2cccc(-c3cn[nH]c3)n2)C1. The molecule has 1 saturated heterocycles. The molecule has 0 saturated carbocycles. The number of rotatable bonds is 5. The Morgan fingerprint density at radius 3 is 3.07 bits per heavy atom. The summed E-state index contributed by atoms with van der Waals surface area (Å²) in [7, 11) is 0. The molecule has 0 unspecified atom stereocenters. The van der Waals surface area contributed by atoms with E-state index in [2.05, 4.69) is 15.3 Å². The fourth-order valence-corrected chi connectivity index (χ4v) is 4.35. The smallest absolute Gasteiger partial charge is 0.224 e. The maximum absolute atomic E-state index is 12.9. The molecule has 1 aliphatic carbocycles. The Labute approximate surface area is 175 Å². The van der Waals surface area contributed by atoms with Crippen LogP contribution < -0.4 is 0 Å². The fourth-order valence-electron chi connectivity index (χ4n) is 4.35. The van der Waals surface area contributed by atoms with Crippen molar-refractivity contribution in [2.45, 2.75) is 44.8 Å². The van der Waals surface area contributed by atoms with Crippen LogP contribution in [-0.4, -0.2) is 55.5 Å². The average molecular weight is 406 g/mol. The van der Waals surface area contributed by atoms with E-state index in [-0.39, 0.29) is 12.0 Å². The molecule has 3 aromatic rings. The van der Waals surface area contributed by atoms with Gasteiger partial charge >= 0.3 is 0 Å². The van der Waals surface area contributed by atoms with E-state index in [9.17, 15) is 4.79 Å². The van der Waals surface area contributed by atoms with Crippen LogP contribution in [0.4, 0.5) is 0 Å². The molecular weight excluding hydrogens is 380 g/mol. The number of hydrogen-bond acceptors (Lipinski definition) is 5. The highest BCUT2D eigenvalue weighted by atomic mass is 16.5. The summed E-state index contributed by atoms with van der Waals surface area (Å²) < 4.78 is 7.97. The summed E-state index contributed by atoms with van der Waals surface area (Å²) >= 11 is 0. The van der Waals surface area contributed by atoms with Crippen LogP contribution in [-0.2, 0) is 28.9 Å². The average Bonchev–Trinajstić information content (AvgIpc) is 3.48. The van der Waals surface area contributed by atoms with Crippen molar-refractivity contribution in [1.82, 2.24) is 29.9 Å². The monoisotopic (exact) mass is 406 g/mol. The highest BCUT2D eigenvalue weighted by Gasteiger charge is 2.27. The number of carbonyl (C=O) groups excluding carboxylic acids is 1. The van der Waals surface area contributed by atoms with Gasteiger partial charge in [0.1, 0.15) is 6.10 Å². The Kier molecular flexibility index (Phi) is 5.31. The molecule has 1 amide bonds. The molecule has 0 spiro atoms. The van der Waals surface area contributed by atoms with Crippen molar-refractivity contribution in [1.29, 1.82) is 0 Å². The first-order valence-electron chi connectivity index (χ1n) is 10.7. The summed E-state index contributed by atoms with van der Waals surface area (Å²) in [6, 6.07) is 5.87. The van der Waals surface area contributed by atoms with Gasteiger partial charge in [0.25, 0.3) is 0 Å². The molecule has 1 aliphatic heterocycles. The van der Waals surface area contributed by atoms with Crippen LogP contribution in [0, 0.1) is 0 Å². The van der Waals surface area contributed by atoms with Crippen molar-refractivity contribution in [3.63, 3.8) is 0 Å². The number of aromatic amines is 1. The van der Waals surface area contributed by atoms with Gasteiger partial charge in [0.2, 0.25) is 5.91 Å². The second kappa shape index (κ2) is 8.39. The first-order valence-corrected chi connectivity index (χ1v) is 10.7. The lowest BCUT2D eigenvalue weighted by atomic mass is 9.98. The minimum atomic E-state index is -0.216. The van der Waals surface area contributed by atoms with Crippen molar-refractivity contribution >= 4 is 5.91 Å². The number of hydrogen-bond donors (Lipinski definition) is 1. The fraction of sp³-hybridized carbons (Fsp3) is 0.455. The van der Waals surface area contributed by atoms with Crippen LogP contribution in [0.15, 0.2) is 36.8 Å². The molecule has 8 heteroatoms. The van der Waals surface area contributed by atoms with Gasteiger partial charge in [0.15, 0.2) is 0 Å². The highest BCUT2D eigenvalue weighted by Crippen LogP contribution is 2.25. The highest BCUT2D eigenvalue weighted by molar-refractivity contribution is 5.76. The summed E-state index contributed by atoms with van der Waals surface area (Å²) in [6.07, 6.45) is 10.4. The van der Waals surface area contributed by atoms with Gasteiger partial charge in [-0.05, 0) is 43.4 Å². The topological polar surface area (TPSA) is 88.9 Å². The summed E-state index contributed by atoms with van der Waals surface area (Å²) in [4.78, 5) is 19.5. The molecule has 1 atom stereocenters. The Hall–Kier alpha value is -3.00. The maximum atomic E-state index is 12.9. The van der Waals surface area contributed by atoms with Gasteiger partial charge in [-0.25, -0.2) is 4.98 Å². The van der Waals surface area contributed by atoms with Crippen LogP contribution in [0.3, 0.4) is 0 Å². The number of aromatic nitrogens is 5. The molecule has 5 rings (SSSR count). The number of nitrogens with one attached hydrogen (secondary N) is 1. The van der Waals surface area contributed by atoms with Gasteiger partial charge in [-0.1, -0.05) is 6.07 Å². The number of H-pyrrole nitrogens is 1. The van der Waals surface area contributed by atoms with Crippen LogP contribution >= 0.6 is 0 Å². The molecule has 4 heterocycles. The lowest BCUT2D eigenvalue weighted by Gasteiger charge is -2.33. The third kappa shape index (κ3) is 3.87. The van der Waals surface area contributed by atoms with E-state index < -0.39 is 0 Å². The van der Waals surface area contributed by atoms with E-state index in [1.807, 2.05) is 40.2 Å². The van der Waals surface area contributed by atoms with Crippen LogP contribution in [0.1, 0.15) is 42.3 Å². The van der Waals surface area contributed by atoms with Crippen LogP contribution in [0.5, 0.6) is 0 Å². The van der Waals surface area contributed by atoms with E-state index in [0.29, 0.717) is 32.7 Å². The predicted molar refractivity (Wildman–Crippen MR) is 111 cm³/mol. The number of aryl methyl sites for hydroxylation is 2. The lowest BCUT2D eigenvalue weighted by molar-refractivity contribution is -0.139. The zero-order chi connectivity index (χ0) is 20.3. The van der Waals surface area contributed by atoms with Gasteiger partial charge in [-0.15, -0.1) is 0 Å². The van der Waals surface area contributed by atoms with Crippen molar-refractivity contribution in [2.24, 2.45) is 0 Å². The number of morpholine rings is 1. The standard InChI is InChI=1S/C22H26N6O2/c29-22(8-9-28-20-7-2-1-4-16(20)14-25-28)27-10-11-30-21(15-27)19-6-3-5-18(26-19)17-12-23-24-13-17/h3,5-6,12-14,21H,1-2,4,7-11,15H2,(H,23,24)/t21-/m1/s1. The van der Waals surface area contributed by atoms with E-state index in [0.717, 1.165) is 29.8 Å². The van der Waals surface area contributed by atoms with Gasteiger partial charge in [-0.3, -0.25) is 14.6 Å². The molecular formula is C22H26N6O2. The molecule has 3 aromatic heterocycles. The Morgan fingerprint density at radius 1 is 1.23 bits per heavy atom. The molecule has 0 bridgehead atoms. The second-order valence-electron chi connectivity index (χ2n) is 7.93. The number of carbonyl (C=O) groups is 1.